The molecule has 7 nitrogen and oxygen atoms in total. The molecule has 0 fully saturated rings. The SMILES string of the molecule is COc1ccc([C@@H]2Oc3ccccc3C3=C2[C@H](c2ccccc2F)n2nc(SC)nc2N3)cc1OC. The lowest BCUT2D eigenvalue weighted by Crippen LogP contribution is -2.32. The molecule has 0 radical (unpaired) electrons. The fourth-order valence-corrected chi connectivity index (χ4v) is 5.18. The number of benzene rings is 3. The molecule has 4 aromatic rings. The summed E-state index contributed by atoms with van der Waals surface area (Å²) in [5, 5.41) is 8.78. The van der Waals surface area contributed by atoms with Crippen LogP contribution in [0.2, 0.25) is 0 Å². The van der Waals surface area contributed by atoms with Crippen LogP contribution >= 0.6 is 11.8 Å². The van der Waals surface area contributed by atoms with E-state index in [0.29, 0.717) is 33.9 Å². The Hall–Kier alpha value is -3.98. The van der Waals surface area contributed by atoms with Crippen LogP contribution in [0.4, 0.5) is 10.3 Å². The van der Waals surface area contributed by atoms with Crippen LogP contribution in [-0.2, 0) is 0 Å². The summed E-state index contributed by atoms with van der Waals surface area (Å²) in [6, 6.07) is 19.7. The van der Waals surface area contributed by atoms with E-state index >= 15 is 4.39 Å². The quantitative estimate of drug-likeness (QED) is 0.350. The third kappa shape index (κ3) is 3.50. The number of hydrogen-bond acceptors (Lipinski definition) is 7. The number of ether oxygens (including phenoxy) is 3. The Morgan fingerprint density at radius 2 is 1.78 bits per heavy atom. The number of thioether (sulfide) groups is 1. The molecule has 6 rings (SSSR count). The van der Waals surface area contributed by atoms with Gasteiger partial charge in [-0.25, -0.2) is 9.07 Å². The molecule has 0 bridgehead atoms. The van der Waals surface area contributed by atoms with Crippen LogP contribution < -0.4 is 19.5 Å². The molecule has 3 heterocycles. The molecule has 0 unspecified atom stereocenters. The average molecular weight is 503 g/mol. The summed E-state index contributed by atoms with van der Waals surface area (Å²) in [7, 11) is 3.19. The summed E-state index contributed by atoms with van der Waals surface area (Å²) in [4.78, 5) is 4.66. The van der Waals surface area contributed by atoms with E-state index in [9.17, 15) is 0 Å². The fourth-order valence-electron chi connectivity index (χ4n) is 4.83. The van der Waals surface area contributed by atoms with Crippen molar-refractivity contribution in [2.45, 2.75) is 17.3 Å². The number of rotatable bonds is 5. The van der Waals surface area contributed by atoms with Gasteiger partial charge < -0.3 is 19.5 Å². The predicted molar refractivity (Wildman–Crippen MR) is 136 cm³/mol. The van der Waals surface area contributed by atoms with Gasteiger partial charge in [0, 0.05) is 22.3 Å². The maximum Gasteiger partial charge on any atom is 0.227 e. The number of fused-ring (bicyclic) bond motifs is 3. The van der Waals surface area contributed by atoms with Gasteiger partial charge in [0.05, 0.1) is 19.9 Å². The molecule has 36 heavy (non-hydrogen) atoms. The van der Waals surface area contributed by atoms with Crippen LogP contribution in [-0.4, -0.2) is 35.2 Å². The minimum Gasteiger partial charge on any atom is -0.493 e. The molecule has 0 saturated heterocycles. The van der Waals surface area contributed by atoms with Crippen molar-refractivity contribution in [3.8, 4) is 17.2 Å². The smallest absolute Gasteiger partial charge is 0.227 e. The van der Waals surface area contributed by atoms with Gasteiger partial charge in [0.2, 0.25) is 11.1 Å². The topological polar surface area (TPSA) is 70.4 Å². The van der Waals surface area contributed by atoms with E-state index in [1.807, 2.05) is 54.8 Å². The summed E-state index contributed by atoms with van der Waals surface area (Å²) < 4.78 is 34.8. The molecule has 1 aromatic heterocycles. The number of methoxy groups -OCH3 is 2. The van der Waals surface area contributed by atoms with Gasteiger partial charge in [0.15, 0.2) is 11.5 Å². The van der Waals surface area contributed by atoms with Crippen LogP contribution in [0.5, 0.6) is 17.2 Å². The summed E-state index contributed by atoms with van der Waals surface area (Å²) >= 11 is 1.43. The first-order chi connectivity index (χ1) is 17.6. The highest BCUT2D eigenvalue weighted by atomic mass is 32.2. The summed E-state index contributed by atoms with van der Waals surface area (Å²) in [6.07, 6.45) is 1.36. The van der Waals surface area contributed by atoms with Gasteiger partial charge in [-0.15, -0.1) is 5.10 Å². The minimum atomic E-state index is -0.586. The molecule has 182 valence electrons. The number of aromatic nitrogens is 3. The molecule has 3 aromatic carbocycles. The zero-order valence-electron chi connectivity index (χ0n) is 19.9. The van der Waals surface area contributed by atoms with E-state index < -0.39 is 12.1 Å². The Morgan fingerprint density at radius 1 is 1.00 bits per heavy atom. The van der Waals surface area contributed by atoms with Crippen molar-refractivity contribution in [2.24, 2.45) is 0 Å². The summed E-state index contributed by atoms with van der Waals surface area (Å²) in [6.45, 7) is 0. The highest BCUT2D eigenvalue weighted by Crippen LogP contribution is 2.51. The molecule has 2 aliphatic rings. The number of anilines is 1. The zero-order chi connectivity index (χ0) is 24.8. The Morgan fingerprint density at radius 3 is 2.56 bits per heavy atom. The normalized spacial score (nSPS) is 17.9. The van der Waals surface area contributed by atoms with Gasteiger partial charge in [-0.2, -0.15) is 4.98 Å². The molecular weight excluding hydrogens is 479 g/mol. The van der Waals surface area contributed by atoms with Gasteiger partial charge >= 0.3 is 0 Å². The van der Waals surface area contributed by atoms with Gasteiger partial charge in [-0.3, -0.25) is 0 Å². The van der Waals surface area contributed by atoms with Crippen LogP contribution in [0.15, 0.2) is 77.5 Å². The molecule has 2 atom stereocenters. The van der Waals surface area contributed by atoms with Gasteiger partial charge in [-0.1, -0.05) is 48.2 Å². The molecular formula is C27H23FN4O3S. The van der Waals surface area contributed by atoms with Crippen LogP contribution in [0.3, 0.4) is 0 Å². The first-order valence-corrected chi connectivity index (χ1v) is 12.6. The highest BCUT2D eigenvalue weighted by molar-refractivity contribution is 7.98. The molecule has 0 amide bonds. The van der Waals surface area contributed by atoms with E-state index in [1.54, 1.807) is 31.0 Å². The Kier molecular flexibility index (Phi) is 5.56. The second kappa shape index (κ2) is 8.91. The van der Waals surface area contributed by atoms with Crippen molar-refractivity contribution < 1.29 is 18.6 Å². The third-order valence-electron chi connectivity index (χ3n) is 6.45. The lowest BCUT2D eigenvalue weighted by Gasteiger charge is -2.39. The fraction of sp³-hybridized carbons (Fsp3) is 0.185. The Balaban J connectivity index is 1.63. The van der Waals surface area contributed by atoms with Crippen molar-refractivity contribution in [2.75, 3.05) is 25.8 Å². The summed E-state index contributed by atoms with van der Waals surface area (Å²) in [5.41, 5.74) is 3.87. The van der Waals surface area contributed by atoms with Crippen molar-refractivity contribution >= 4 is 23.4 Å². The first kappa shape index (κ1) is 22.5. The van der Waals surface area contributed by atoms with E-state index in [1.165, 1.54) is 17.8 Å². The molecule has 0 aliphatic carbocycles. The first-order valence-electron chi connectivity index (χ1n) is 11.4. The van der Waals surface area contributed by atoms with Crippen molar-refractivity contribution in [3.63, 3.8) is 0 Å². The number of halogens is 1. The summed E-state index contributed by atoms with van der Waals surface area (Å²) in [5.74, 6) is 2.13. The minimum absolute atomic E-state index is 0.326. The maximum absolute atomic E-state index is 15.4. The molecule has 1 N–H and O–H groups in total. The number of nitrogens with zero attached hydrogens (tertiary/aromatic N) is 3. The second-order valence-corrected chi connectivity index (χ2v) is 9.13. The monoisotopic (exact) mass is 502 g/mol. The Labute approximate surface area is 211 Å². The van der Waals surface area contributed by atoms with Crippen molar-refractivity contribution in [3.05, 3.63) is 94.8 Å². The number of hydrogen-bond donors (Lipinski definition) is 1. The third-order valence-corrected chi connectivity index (χ3v) is 6.99. The van der Waals surface area contributed by atoms with E-state index in [-0.39, 0.29) is 5.82 Å². The average Bonchev–Trinajstić information content (AvgIpc) is 3.34. The molecule has 0 saturated carbocycles. The second-order valence-electron chi connectivity index (χ2n) is 8.35. The maximum atomic E-state index is 15.4. The van der Waals surface area contributed by atoms with Crippen LogP contribution in [0.1, 0.15) is 28.8 Å². The molecule has 2 aliphatic heterocycles. The zero-order valence-corrected chi connectivity index (χ0v) is 20.7. The van der Waals surface area contributed by atoms with Crippen LogP contribution in [0.25, 0.3) is 5.70 Å². The van der Waals surface area contributed by atoms with Crippen LogP contribution in [0, 0.1) is 5.82 Å². The number of nitrogens with one attached hydrogen (secondary N) is 1. The van der Waals surface area contributed by atoms with E-state index in [0.717, 1.165) is 22.4 Å². The lowest BCUT2D eigenvalue weighted by molar-refractivity contribution is 0.221. The highest BCUT2D eigenvalue weighted by Gasteiger charge is 2.42. The van der Waals surface area contributed by atoms with Gasteiger partial charge in [0.25, 0.3) is 0 Å². The van der Waals surface area contributed by atoms with Gasteiger partial charge in [-0.05, 0) is 36.6 Å². The predicted octanol–water partition coefficient (Wildman–Crippen LogP) is 5.72. The van der Waals surface area contributed by atoms with E-state index in [4.69, 9.17) is 19.3 Å². The van der Waals surface area contributed by atoms with Gasteiger partial charge in [0.1, 0.15) is 23.7 Å². The molecule has 0 spiro atoms. The van der Waals surface area contributed by atoms with E-state index in [2.05, 4.69) is 10.3 Å². The van der Waals surface area contributed by atoms with Crippen molar-refractivity contribution in [1.82, 2.24) is 14.8 Å². The molecule has 9 heteroatoms. The van der Waals surface area contributed by atoms with Crippen molar-refractivity contribution in [1.29, 1.82) is 0 Å². The largest absolute Gasteiger partial charge is 0.493 e. The lowest BCUT2D eigenvalue weighted by atomic mass is 9.84. The number of para-hydroxylation sites is 1. The Bertz CT molecular complexity index is 1500. The standard InChI is InChI=1S/C27H23FN4O3S/c1-33-20-13-12-15(14-21(20)34-2)25-22-23(17-9-5-7-11-19(17)35-25)29-26-30-27(36-3)31-32(26)24(22)16-8-4-6-10-18(16)28/h4-14,24-25H,1-3H3,(H,29,30,31)/t24-,25-/m0/s1.